The van der Waals surface area contributed by atoms with Crippen LogP contribution in [0, 0.1) is 10.1 Å². The number of anilines is 1. The van der Waals surface area contributed by atoms with Gasteiger partial charge in [-0.1, -0.05) is 36.4 Å². The van der Waals surface area contributed by atoms with Crippen LogP contribution in [-0.4, -0.2) is 45.3 Å². The molecule has 0 fully saturated rings. The van der Waals surface area contributed by atoms with Gasteiger partial charge in [0.2, 0.25) is 0 Å². The maximum atomic E-state index is 12.8. The molecule has 2 aromatic rings. The molecule has 1 N–H and O–H groups in total. The predicted molar refractivity (Wildman–Crippen MR) is 144 cm³/mol. The average Bonchev–Trinajstić information content (AvgIpc) is 2.71. The van der Waals surface area contributed by atoms with Crippen LogP contribution in [0.3, 0.4) is 0 Å². The topological polar surface area (TPSA) is 111 Å². The summed E-state index contributed by atoms with van der Waals surface area (Å²) in [5.41, 5.74) is -0.00876. The van der Waals surface area contributed by atoms with Crippen molar-refractivity contribution in [2.24, 2.45) is 0 Å². The number of rotatable bonds is 8. The van der Waals surface area contributed by atoms with Gasteiger partial charge >= 0.3 is 12.2 Å². The summed E-state index contributed by atoms with van der Waals surface area (Å²) < 4.78 is 10.8. The second-order valence-electron chi connectivity index (χ2n) is 11.6. The first-order valence-electron chi connectivity index (χ1n) is 12.3. The van der Waals surface area contributed by atoms with Crippen molar-refractivity contribution in [1.29, 1.82) is 0 Å². The number of ether oxygens (including phenoxy) is 2. The lowest BCUT2D eigenvalue weighted by atomic mass is 9.98. The molecule has 0 spiro atoms. The van der Waals surface area contributed by atoms with Crippen LogP contribution in [0.1, 0.15) is 72.9 Å². The molecule has 2 rings (SSSR count). The summed E-state index contributed by atoms with van der Waals surface area (Å²) in [6.07, 6.45) is -0.716. The van der Waals surface area contributed by atoms with Gasteiger partial charge in [0, 0.05) is 18.2 Å². The molecule has 0 saturated carbocycles. The molecule has 9 heteroatoms. The van der Waals surface area contributed by atoms with Crippen LogP contribution in [0.2, 0.25) is 0 Å². The summed E-state index contributed by atoms with van der Waals surface area (Å²) in [4.78, 5) is 37.9. The van der Waals surface area contributed by atoms with Gasteiger partial charge in [-0.05, 0) is 85.4 Å². The maximum absolute atomic E-state index is 12.8. The summed E-state index contributed by atoms with van der Waals surface area (Å²) in [6.45, 7) is 14.0. The molecule has 0 aliphatic rings. The quantitative estimate of drug-likeness (QED) is 0.301. The largest absolute Gasteiger partial charge is 0.443 e. The van der Waals surface area contributed by atoms with Gasteiger partial charge in [-0.25, -0.2) is 14.5 Å². The lowest BCUT2D eigenvalue weighted by Crippen LogP contribution is -2.46. The normalized spacial score (nSPS) is 12.0. The van der Waals surface area contributed by atoms with E-state index in [2.05, 4.69) is 5.32 Å². The van der Waals surface area contributed by atoms with Crippen molar-refractivity contribution in [1.82, 2.24) is 4.90 Å². The van der Waals surface area contributed by atoms with E-state index in [1.807, 2.05) is 44.2 Å². The van der Waals surface area contributed by atoms with E-state index in [1.54, 1.807) is 53.7 Å². The van der Waals surface area contributed by atoms with Crippen molar-refractivity contribution in [3.8, 4) is 0 Å². The van der Waals surface area contributed by atoms with Gasteiger partial charge in [0.1, 0.15) is 16.9 Å². The highest BCUT2D eigenvalue weighted by molar-refractivity contribution is 5.88. The molecule has 0 radical (unpaired) electrons. The first-order valence-corrected chi connectivity index (χ1v) is 12.3. The van der Waals surface area contributed by atoms with Crippen molar-refractivity contribution in [2.75, 3.05) is 11.9 Å². The number of nitro groups is 1. The Morgan fingerprint density at radius 3 is 1.89 bits per heavy atom. The molecule has 2 aromatic carbocycles. The van der Waals surface area contributed by atoms with E-state index < -0.39 is 33.9 Å². The number of hydrogen-bond donors (Lipinski definition) is 1. The fourth-order valence-electron chi connectivity index (χ4n) is 3.49. The van der Waals surface area contributed by atoms with Crippen molar-refractivity contribution in [2.45, 2.75) is 85.0 Å². The molecule has 0 unspecified atom stereocenters. The monoisotopic (exact) mass is 513 g/mol. The third kappa shape index (κ3) is 10.1. The molecule has 0 aliphatic carbocycles. The lowest BCUT2D eigenvalue weighted by Gasteiger charge is -2.32. The Morgan fingerprint density at radius 1 is 0.865 bits per heavy atom. The third-order valence-electron chi connectivity index (χ3n) is 5.17. The Bertz CT molecular complexity index is 1070. The zero-order valence-corrected chi connectivity index (χ0v) is 23.1. The van der Waals surface area contributed by atoms with E-state index >= 15 is 0 Å². The van der Waals surface area contributed by atoms with Gasteiger partial charge in [0.25, 0.3) is 5.69 Å². The van der Waals surface area contributed by atoms with Crippen molar-refractivity contribution >= 4 is 23.6 Å². The number of nitrogens with zero attached hydrogens (tertiary/aromatic N) is 2. The summed E-state index contributed by atoms with van der Waals surface area (Å²) in [7, 11) is 0. The van der Waals surface area contributed by atoms with Crippen LogP contribution in [0.5, 0.6) is 0 Å². The van der Waals surface area contributed by atoms with Crippen LogP contribution < -0.4 is 5.32 Å². The van der Waals surface area contributed by atoms with E-state index in [0.717, 1.165) is 16.0 Å². The predicted octanol–water partition coefficient (Wildman–Crippen LogP) is 6.94. The summed E-state index contributed by atoms with van der Waals surface area (Å²) in [6, 6.07) is 14.8. The molecule has 0 atom stereocenters. The summed E-state index contributed by atoms with van der Waals surface area (Å²) in [5, 5.41) is 15.0. The van der Waals surface area contributed by atoms with Crippen LogP contribution in [0.25, 0.3) is 0 Å². The number of nitrogens with one attached hydrogen (secondary N) is 1. The molecule has 0 heterocycles. The van der Waals surface area contributed by atoms with E-state index in [4.69, 9.17) is 9.47 Å². The highest BCUT2D eigenvalue weighted by atomic mass is 16.6. The summed E-state index contributed by atoms with van der Waals surface area (Å²) in [5.74, 6) is 0. The van der Waals surface area contributed by atoms with E-state index in [-0.39, 0.29) is 18.7 Å². The fraction of sp³-hybridized carbons (Fsp3) is 0.500. The van der Waals surface area contributed by atoms with Crippen LogP contribution in [-0.2, 0) is 15.9 Å². The minimum absolute atomic E-state index is 0.0126. The van der Waals surface area contributed by atoms with Gasteiger partial charge in [-0.15, -0.1) is 0 Å². The van der Waals surface area contributed by atoms with Crippen LogP contribution >= 0.6 is 0 Å². The standard InChI is InChI=1S/C28H39N3O6/c1-26(2,3)36-24(32)30(25(33)37-27(4,5)6)17-16-28(7,8)29-22-19-21(14-15-23(22)31(34)35)18-20-12-10-9-11-13-20/h9-15,19,29H,16-18H2,1-8H3. The number of carbonyl (C=O) groups excluding carboxylic acids is 2. The molecule has 202 valence electrons. The molecule has 0 saturated heterocycles. The average molecular weight is 514 g/mol. The number of carbonyl (C=O) groups is 2. The molecule has 2 amide bonds. The molecule has 0 aliphatic heterocycles. The highest BCUT2D eigenvalue weighted by Gasteiger charge is 2.33. The zero-order chi connectivity index (χ0) is 28.0. The van der Waals surface area contributed by atoms with Gasteiger partial charge in [0.15, 0.2) is 0 Å². The lowest BCUT2D eigenvalue weighted by molar-refractivity contribution is -0.384. The zero-order valence-electron chi connectivity index (χ0n) is 23.1. The number of imide groups is 1. The van der Waals surface area contributed by atoms with Gasteiger partial charge in [-0.2, -0.15) is 0 Å². The second kappa shape index (κ2) is 11.6. The molecule has 37 heavy (non-hydrogen) atoms. The van der Waals surface area contributed by atoms with E-state index in [0.29, 0.717) is 12.1 Å². The molecular formula is C28H39N3O6. The Balaban J connectivity index is 2.24. The van der Waals surface area contributed by atoms with E-state index in [9.17, 15) is 19.7 Å². The number of nitro benzene ring substituents is 1. The molecule has 0 bridgehead atoms. The SMILES string of the molecule is CC(C)(CCN(C(=O)OC(C)(C)C)C(=O)OC(C)(C)C)Nc1cc(Cc2ccccc2)ccc1[N+](=O)[O-]. The summed E-state index contributed by atoms with van der Waals surface area (Å²) >= 11 is 0. The maximum Gasteiger partial charge on any atom is 0.419 e. The Kier molecular flexibility index (Phi) is 9.30. The van der Waals surface area contributed by atoms with Crippen LogP contribution in [0.4, 0.5) is 21.0 Å². The number of hydrogen-bond acceptors (Lipinski definition) is 7. The number of benzene rings is 2. The van der Waals surface area contributed by atoms with Crippen LogP contribution in [0.15, 0.2) is 48.5 Å². The molecular weight excluding hydrogens is 474 g/mol. The third-order valence-corrected chi connectivity index (χ3v) is 5.17. The smallest absolute Gasteiger partial charge is 0.419 e. The Labute approximate surface area is 219 Å². The number of amides is 2. The second-order valence-corrected chi connectivity index (χ2v) is 11.6. The van der Waals surface area contributed by atoms with E-state index in [1.165, 1.54) is 6.07 Å². The van der Waals surface area contributed by atoms with Crippen molar-refractivity contribution < 1.29 is 24.0 Å². The minimum atomic E-state index is -0.812. The van der Waals surface area contributed by atoms with Gasteiger partial charge in [0.05, 0.1) is 4.92 Å². The Hall–Kier alpha value is -3.62. The van der Waals surface area contributed by atoms with Gasteiger partial charge in [-0.3, -0.25) is 10.1 Å². The fourth-order valence-corrected chi connectivity index (χ4v) is 3.49. The van der Waals surface area contributed by atoms with Gasteiger partial charge < -0.3 is 14.8 Å². The molecule has 0 aromatic heterocycles. The minimum Gasteiger partial charge on any atom is -0.443 e. The first kappa shape index (κ1) is 29.6. The first-order chi connectivity index (χ1) is 17.0. The van der Waals surface area contributed by atoms with Crippen molar-refractivity contribution in [3.63, 3.8) is 0 Å². The van der Waals surface area contributed by atoms with Crippen molar-refractivity contribution in [3.05, 3.63) is 69.8 Å². The molecule has 9 nitrogen and oxygen atoms in total. The highest BCUT2D eigenvalue weighted by Crippen LogP contribution is 2.30. The Morgan fingerprint density at radius 2 is 1.41 bits per heavy atom.